The minimum atomic E-state index is -4.40. The van der Waals surface area contributed by atoms with Gasteiger partial charge in [-0.2, -0.15) is 8.42 Å². The molecule has 0 saturated carbocycles. The molecule has 5 nitrogen and oxygen atoms in total. The Kier molecular flexibility index (Phi) is 11.2. The van der Waals surface area contributed by atoms with Crippen molar-refractivity contribution in [1.82, 2.24) is 0 Å². The molecule has 0 amide bonds. The fourth-order valence-electron chi connectivity index (χ4n) is 2.91. The molecule has 0 aromatic heterocycles. The third-order valence-corrected chi connectivity index (χ3v) is 5.26. The molecule has 2 aromatic carbocycles. The second-order valence-electron chi connectivity index (χ2n) is 6.70. The Balaban J connectivity index is 0.00000392. The third-order valence-electron chi connectivity index (χ3n) is 4.41. The van der Waals surface area contributed by atoms with Crippen LogP contribution in [0.3, 0.4) is 0 Å². The third kappa shape index (κ3) is 8.53. The maximum atomic E-state index is 12.0. The summed E-state index contributed by atoms with van der Waals surface area (Å²) in [6.07, 6.45) is 9.72. The zero-order valence-corrected chi connectivity index (χ0v) is 19.5. The van der Waals surface area contributed by atoms with Gasteiger partial charge in [-0.1, -0.05) is 63.3 Å². The van der Waals surface area contributed by atoms with E-state index in [0.717, 1.165) is 30.5 Å². The zero-order chi connectivity index (χ0) is 19.7. The molecule has 28 heavy (non-hydrogen) atoms. The summed E-state index contributed by atoms with van der Waals surface area (Å²) in [5, 5.41) is 12.0. The molecule has 0 aliphatic heterocycles. The van der Waals surface area contributed by atoms with Crippen molar-refractivity contribution in [3.63, 3.8) is 0 Å². The number of rotatable bonds is 11. The van der Waals surface area contributed by atoms with E-state index in [1.807, 2.05) is 18.2 Å². The van der Waals surface area contributed by atoms with Crippen LogP contribution in [0.5, 0.6) is 17.2 Å². The minimum Gasteiger partial charge on any atom is -0.870 e. The molecule has 148 valence electrons. The Morgan fingerprint density at radius 2 is 1.64 bits per heavy atom. The molecule has 0 radical (unpaired) electrons. The van der Waals surface area contributed by atoms with Gasteiger partial charge in [-0.25, -0.2) is 0 Å². The standard InChI is InChI=1S/C21H28O5S.Na/c1-2-3-4-5-6-7-8-10-17-11-9-12-18(15-17)26-21-14-13-19(16-20(21)22)27(23,24)25;/h9,11-16,22H,2-8,10H2,1H3,(H,23,24,25);/q;+1/p-1. The average Bonchev–Trinajstić information content (AvgIpc) is 2.62. The van der Waals surface area contributed by atoms with Gasteiger partial charge in [0, 0.05) is 0 Å². The Hall–Kier alpha value is -1.05. The molecule has 0 spiro atoms. The molecule has 0 unspecified atom stereocenters. The summed E-state index contributed by atoms with van der Waals surface area (Å²) < 4.78 is 36.7. The van der Waals surface area contributed by atoms with E-state index in [1.165, 1.54) is 44.6 Å². The summed E-state index contributed by atoms with van der Waals surface area (Å²) >= 11 is 0. The van der Waals surface area contributed by atoms with Gasteiger partial charge in [0.05, 0.1) is 4.90 Å². The van der Waals surface area contributed by atoms with E-state index >= 15 is 0 Å². The van der Waals surface area contributed by atoms with E-state index < -0.39 is 20.8 Å². The second-order valence-corrected chi connectivity index (χ2v) is 8.13. The first-order chi connectivity index (χ1) is 12.9. The molecule has 0 aliphatic rings. The van der Waals surface area contributed by atoms with E-state index in [9.17, 15) is 13.5 Å². The van der Waals surface area contributed by atoms with Crippen LogP contribution in [0.2, 0.25) is 0 Å². The summed E-state index contributed by atoms with van der Waals surface area (Å²) in [6, 6.07) is 10.8. The summed E-state index contributed by atoms with van der Waals surface area (Å²) in [5.41, 5.74) is 1.14. The van der Waals surface area contributed by atoms with E-state index in [2.05, 4.69) is 6.92 Å². The molecule has 0 bridgehead atoms. The van der Waals surface area contributed by atoms with E-state index in [-0.39, 0.29) is 35.3 Å². The predicted molar refractivity (Wildman–Crippen MR) is 104 cm³/mol. The average molecular weight is 414 g/mol. The molecular weight excluding hydrogens is 387 g/mol. The molecule has 1 N–H and O–H groups in total. The van der Waals surface area contributed by atoms with Crippen molar-refractivity contribution >= 4 is 10.1 Å². The number of benzene rings is 2. The second kappa shape index (κ2) is 12.5. The Morgan fingerprint density at radius 3 is 2.29 bits per heavy atom. The fraction of sp³-hybridized carbons (Fsp3) is 0.429. The van der Waals surface area contributed by atoms with Gasteiger partial charge in [-0.15, -0.1) is 0 Å². The summed E-state index contributed by atoms with van der Waals surface area (Å²) in [4.78, 5) is -0.437. The van der Waals surface area contributed by atoms with Crippen molar-refractivity contribution in [2.45, 2.75) is 63.2 Å². The van der Waals surface area contributed by atoms with Crippen molar-refractivity contribution in [2.24, 2.45) is 0 Å². The van der Waals surface area contributed by atoms with Gasteiger partial charge in [0.25, 0.3) is 10.1 Å². The molecule has 7 heteroatoms. The SMILES string of the molecule is CCCCCCCCCc1cccc(Oc2ccc(S(=O)(=O)O)cc2[O-])c1.[Na+]. The van der Waals surface area contributed by atoms with Crippen LogP contribution in [0.4, 0.5) is 0 Å². The molecule has 2 aromatic rings. The smallest absolute Gasteiger partial charge is 0.870 e. The van der Waals surface area contributed by atoms with E-state index in [1.54, 1.807) is 6.07 Å². The van der Waals surface area contributed by atoms with Gasteiger partial charge >= 0.3 is 29.6 Å². The maximum absolute atomic E-state index is 12.0. The van der Waals surface area contributed by atoms with Crippen LogP contribution in [0.1, 0.15) is 57.4 Å². The normalized spacial score (nSPS) is 11.1. The van der Waals surface area contributed by atoms with Crippen LogP contribution in [0.15, 0.2) is 47.4 Å². The first kappa shape index (κ1) is 25.0. The quantitative estimate of drug-likeness (QED) is 0.346. The van der Waals surface area contributed by atoms with Gasteiger partial charge in [0.2, 0.25) is 0 Å². The van der Waals surface area contributed by atoms with Gasteiger partial charge in [-0.3, -0.25) is 4.55 Å². The summed E-state index contributed by atoms with van der Waals surface area (Å²) in [5.74, 6) is -0.0368. The predicted octanol–water partition coefficient (Wildman–Crippen LogP) is 2.10. The first-order valence-electron chi connectivity index (χ1n) is 9.45. The minimum absolute atomic E-state index is 0. The Labute approximate surface area is 190 Å². The topological polar surface area (TPSA) is 86.7 Å². The molecular formula is C21H27NaO5S. The van der Waals surface area contributed by atoms with Crippen molar-refractivity contribution in [3.05, 3.63) is 48.0 Å². The van der Waals surface area contributed by atoms with E-state index in [4.69, 9.17) is 9.29 Å². The van der Waals surface area contributed by atoms with Gasteiger partial charge in [0.15, 0.2) is 0 Å². The molecule has 0 aliphatic carbocycles. The fourth-order valence-corrected chi connectivity index (χ4v) is 3.41. The van der Waals surface area contributed by atoms with Crippen molar-refractivity contribution < 1.29 is 52.4 Å². The molecule has 0 saturated heterocycles. The number of hydrogen-bond donors (Lipinski definition) is 1. The summed E-state index contributed by atoms with van der Waals surface area (Å²) in [7, 11) is -4.40. The number of hydrogen-bond acceptors (Lipinski definition) is 4. The van der Waals surface area contributed by atoms with E-state index in [0.29, 0.717) is 5.75 Å². The van der Waals surface area contributed by atoms with Gasteiger partial charge in [0.1, 0.15) is 11.5 Å². The first-order valence-corrected chi connectivity index (χ1v) is 10.9. The van der Waals surface area contributed by atoms with Crippen LogP contribution in [0.25, 0.3) is 0 Å². The molecule has 0 heterocycles. The van der Waals surface area contributed by atoms with Crippen LogP contribution >= 0.6 is 0 Å². The summed E-state index contributed by atoms with van der Waals surface area (Å²) in [6.45, 7) is 2.22. The molecule has 2 rings (SSSR count). The van der Waals surface area contributed by atoms with Crippen molar-refractivity contribution in [3.8, 4) is 17.2 Å². The van der Waals surface area contributed by atoms with Crippen LogP contribution < -0.4 is 39.4 Å². The number of aryl methyl sites for hydroxylation is 1. The zero-order valence-electron chi connectivity index (χ0n) is 16.7. The number of ether oxygens (including phenoxy) is 1. The van der Waals surface area contributed by atoms with Crippen LogP contribution in [-0.4, -0.2) is 13.0 Å². The molecule has 0 atom stereocenters. The monoisotopic (exact) mass is 414 g/mol. The number of unbranched alkanes of at least 4 members (excludes halogenated alkanes) is 6. The van der Waals surface area contributed by atoms with Gasteiger partial charge in [-0.05, 0) is 48.7 Å². The van der Waals surface area contributed by atoms with Crippen LogP contribution in [0, 0.1) is 0 Å². The largest absolute Gasteiger partial charge is 1.00 e. The maximum Gasteiger partial charge on any atom is 1.00 e. The Bertz CT molecular complexity index is 836. The van der Waals surface area contributed by atoms with Crippen molar-refractivity contribution in [1.29, 1.82) is 0 Å². The van der Waals surface area contributed by atoms with Crippen LogP contribution in [-0.2, 0) is 16.5 Å². The Morgan fingerprint density at radius 1 is 0.964 bits per heavy atom. The van der Waals surface area contributed by atoms with Gasteiger partial charge < -0.3 is 9.84 Å². The molecule has 0 fully saturated rings. The van der Waals surface area contributed by atoms with Crippen molar-refractivity contribution in [2.75, 3.05) is 0 Å².